The zero-order valence-corrected chi connectivity index (χ0v) is 20.6. The third kappa shape index (κ3) is 5.49. The van der Waals surface area contributed by atoms with E-state index >= 15 is 0 Å². The molecule has 1 aliphatic carbocycles. The molecule has 1 saturated carbocycles. The molecule has 1 fully saturated rings. The average molecular weight is 503 g/mol. The summed E-state index contributed by atoms with van der Waals surface area (Å²) in [6, 6.07) is 19.7. The van der Waals surface area contributed by atoms with Crippen molar-refractivity contribution in [2.45, 2.75) is 38.1 Å². The molecule has 0 heterocycles. The third-order valence-electron chi connectivity index (χ3n) is 6.23. The molecule has 4 N–H and O–H groups in total. The first kappa shape index (κ1) is 25.2. The summed E-state index contributed by atoms with van der Waals surface area (Å²) in [7, 11) is 0. The van der Waals surface area contributed by atoms with Crippen molar-refractivity contribution in [3.8, 4) is 0 Å². The van der Waals surface area contributed by atoms with E-state index in [0.717, 1.165) is 45.9 Å². The van der Waals surface area contributed by atoms with Gasteiger partial charge in [0.1, 0.15) is 4.99 Å². The number of benzene rings is 3. The molecule has 0 spiro atoms. The van der Waals surface area contributed by atoms with Crippen LogP contribution < -0.4 is 16.4 Å². The van der Waals surface area contributed by atoms with E-state index in [1.807, 2.05) is 48.5 Å². The maximum atomic E-state index is 13.4. The number of aliphatic imine (C=N–C) groups is 1. The number of nitrogens with zero attached hydrogens (tertiary/aromatic N) is 1. The molecule has 6 nitrogen and oxygen atoms in total. The molecule has 3 aromatic carbocycles. The van der Waals surface area contributed by atoms with Crippen LogP contribution in [-0.4, -0.2) is 29.7 Å². The second-order valence-electron chi connectivity index (χ2n) is 8.75. The maximum absolute atomic E-state index is 13.4. The monoisotopic (exact) mass is 502 g/mol. The van der Waals surface area contributed by atoms with Gasteiger partial charge in [0, 0.05) is 30.1 Å². The van der Waals surface area contributed by atoms with Crippen LogP contribution in [0.5, 0.6) is 0 Å². The Morgan fingerprint density at radius 2 is 1.92 bits per heavy atom. The van der Waals surface area contributed by atoms with Gasteiger partial charge in [-0.1, -0.05) is 60.7 Å². The Morgan fingerprint density at radius 1 is 1.19 bits per heavy atom. The van der Waals surface area contributed by atoms with E-state index in [0.29, 0.717) is 10.6 Å². The summed E-state index contributed by atoms with van der Waals surface area (Å²) in [6.45, 7) is 1.56. The van der Waals surface area contributed by atoms with Crippen LogP contribution >= 0.6 is 12.2 Å². The summed E-state index contributed by atoms with van der Waals surface area (Å²) in [5, 5.41) is 8.27. The molecule has 0 saturated heterocycles. The summed E-state index contributed by atoms with van der Waals surface area (Å²) in [5.74, 6) is -0.680. The molecule has 1 unspecified atom stereocenters. The molecule has 184 valence electrons. The minimum Gasteiger partial charge on any atom is -0.404 e. The number of nitrogens with one attached hydrogen (secondary N) is 2. The van der Waals surface area contributed by atoms with Gasteiger partial charge in [-0.05, 0) is 59.4 Å². The first-order valence-corrected chi connectivity index (χ1v) is 12.0. The highest BCUT2D eigenvalue weighted by Gasteiger charge is 2.46. The van der Waals surface area contributed by atoms with Crippen molar-refractivity contribution >= 4 is 52.0 Å². The quantitative estimate of drug-likeness (QED) is 0.133. The summed E-state index contributed by atoms with van der Waals surface area (Å²) in [4.78, 5) is 26.5. The number of aldehydes is 1. The Balaban J connectivity index is 1.70. The van der Waals surface area contributed by atoms with E-state index in [2.05, 4.69) is 27.8 Å². The summed E-state index contributed by atoms with van der Waals surface area (Å²) < 4.78 is 13.4. The predicted octanol–water partition coefficient (Wildman–Crippen LogP) is 4.30. The smallest absolute Gasteiger partial charge is 0.284 e. The van der Waals surface area contributed by atoms with Crippen molar-refractivity contribution in [3.05, 3.63) is 89.1 Å². The van der Waals surface area contributed by atoms with Crippen molar-refractivity contribution in [2.24, 2.45) is 10.7 Å². The lowest BCUT2D eigenvalue weighted by Crippen LogP contribution is -2.35. The fourth-order valence-electron chi connectivity index (χ4n) is 4.26. The molecule has 1 aliphatic rings. The van der Waals surface area contributed by atoms with Crippen LogP contribution in [0.25, 0.3) is 16.3 Å². The normalized spacial score (nSPS) is 15.4. The van der Waals surface area contributed by atoms with E-state index in [9.17, 15) is 14.0 Å². The minimum atomic E-state index is -1.33. The highest BCUT2D eigenvalue weighted by molar-refractivity contribution is 7.80. The van der Waals surface area contributed by atoms with Gasteiger partial charge < -0.3 is 16.4 Å². The Bertz CT molecular complexity index is 1380. The van der Waals surface area contributed by atoms with Gasteiger partial charge in [-0.2, -0.15) is 0 Å². The van der Waals surface area contributed by atoms with Crippen LogP contribution in [0.2, 0.25) is 0 Å². The Labute approximate surface area is 214 Å². The fraction of sp³-hybridized carbons (Fsp3) is 0.214. The number of halogens is 1. The van der Waals surface area contributed by atoms with E-state index in [4.69, 9.17) is 18.0 Å². The largest absolute Gasteiger partial charge is 0.404 e. The molecular formula is C28H27FN4O2S. The fourth-order valence-corrected chi connectivity index (χ4v) is 4.66. The Morgan fingerprint density at radius 3 is 2.61 bits per heavy atom. The van der Waals surface area contributed by atoms with Gasteiger partial charge in [-0.3, -0.25) is 14.6 Å². The predicted molar refractivity (Wildman–Crippen MR) is 145 cm³/mol. The van der Waals surface area contributed by atoms with Crippen molar-refractivity contribution in [1.82, 2.24) is 10.6 Å². The number of hydrogen-bond donors (Lipinski definition) is 3. The van der Waals surface area contributed by atoms with Crippen LogP contribution in [0, 0.1) is 0 Å². The topological polar surface area (TPSA) is 96.6 Å². The molecule has 36 heavy (non-hydrogen) atoms. The second kappa shape index (κ2) is 10.8. The number of alkyl halides is 1. The molecular weight excluding hydrogens is 475 g/mol. The molecule has 1 amide bonds. The van der Waals surface area contributed by atoms with Crippen LogP contribution in [0.15, 0.2) is 71.9 Å². The van der Waals surface area contributed by atoms with Crippen LogP contribution in [0.1, 0.15) is 42.0 Å². The van der Waals surface area contributed by atoms with Crippen molar-refractivity contribution < 1.29 is 14.0 Å². The van der Waals surface area contributed by atoms with Gasteiger partial charge >= 0.3 is 0 Å². The Hall–Kier alpha value is -3.91. The molecule has 0 radical (unpaired) electrons. The second-order valence-corrected chi connectivity index (χ2v) is 9.16. The number of nitrogens with two attached hydrogens (primary N) is 1. The zero-order chi connectivity index (χ0) is 25.7. The van der Waals surface area contributed by atoms with Crippen LogP contribution in [0.4, 0.5) is 4.39 Å². The van der Waals surface area contributed by atoms with Gasteiger partial charge in [0.05, 0.1) is 5.54 Å². The first-order valence-electron chi connectivity index (χ1n) is 11.6. The number of carbonyl (C=O) groups excluding carboxylic acids is 2. The molecule has 1 atom stereocenters. The lowest BCUT2D eigenvalue weighted by atomic mass is 9.92. The standard InChI is InChI=1S/C28H27FN4O2S/c1-18(29)31-16-22(14-30)21-12-19-6-2-4-8-23(19)25(13-21)28(10-11-28)33-27(36)24-9-5-3-7-20(24)15-32-26(35)17-34/h2-9,12-14,16-18H,10-11,15,30H2,1H3,(H,32,35)(H,33,36)/b22-14+,31-16+. The summed E-state index contributed by atoms with van der Waals surface area (Å²) in [6.07, 6.45) is 3.56. The average Bonchev–Trinajstić information content (AvgIpc) is 3.67. The highest BCUT2D eigenvalue weighted by atomic mass is 32.1. The molecule has 0 aliphatic heterocycles. The molecule has 4 rings (SSSR count). The van der Waals surface area contributed by atoms with Gasteiger partial charge in [-0.25, -0.2) is 4.39 Å². The minimum absolute atomic E-state index is 0.192. The number of allylic oxidation sites excluding steroid dienone is 1. The van der Waals surface area contributed by atoms with Gasteiger partial charge in [0.15, 0.2) is 6.30 Å². The molecule has 8 heteroatoms. The maximum Gasteiger partial charge on any atom is 0.284 e. The van der Waals surface area contributed by atoms with Gasteiger partial charge in [0.2, 0.25) is 6.29 Å². The van der Waals surface area contributed by atoms with E-state index in [1.165, 1.54) is 19.3 Å². The number of amides is 1. The zero-order valence-electron chi connectivity index (χ0n) is 19.8. The molecule has 3 aromatic rings. The number of fused-ring (bicyclic) bond motifs is 1. The molecule has 0 bridgehead atoms. The number of carbonyl (C=O) groups is 2. The van der Waals surface area contributed by atoms with Crippen molar-refractivity contribution in [2.75, 3.05) is 0 Å². The number of thiocarbonyl (C=S) groups is 1. The lowest BCUT2D eigenvalue weighted by Gasteiger charge is -2.24. The van der Waals surface area contributed by atoms with Crippen molar-refractivity contribution in [3.63, 3.8) is 0 Å². The SMILES string of the molecule is CC(F)/N=C/C(=C\N)c1cc(C2(NC(=S)c3ccccc3CNC(=O)C=O)CC2)c2ccccc2c1. The number of rotatable bonds is 9. The summed E-state index contributed by atoms with van der Waals surface area (Å²) in [5.41, 5.74) is 9.64. The van der Waals surface area contributed by atoms with Gasteiger partial charge in [-0.15, -0.1) is 0 Å². The number of hydrogen-bond acceptors (Lipinski definition) is 5. The molecule has 0 aromatic heterocycles. The van der Waals surface area contributed by atoms with Gasteiger partial charge in [0.25, 0.3) is 5.91 Å². The van der Waals surface area contributed by atoms with E-state index in [1.54, 1.807) is 0 Å². The van der Waals surface area contributed by atoms with Crippen molar-refractivity contribution in [1.29, 1.82) is 0 Å². The third-order valence-corrected chi connectivity index (χ3v) is 6.56. The van der Waals surface area contributed by atoms with Crippen LogP contribution in [0.3, 0.4) is 0 Å². The Kier molecular flexibility index (Phi) is 7.55. The first-order chi connectivity index (χ1) is 17.4. The van der Waals surface area contributed by atoms with E-state index < -0.39 is 12.2 Å². The lowest BCUT2D eigenvalue weighted by molar-refractivity contribution is -0.131. The van der Waals surface area contributed by atoms with E-state index in [-0.39, 0.29) is 18.4 Å². The highest BCUT2D eigenvalue weighted by Crippen LogP contribution is 2.49. The summed E-state index contributed by atoms with van der Waals surface area (Å²) >= 11 is 5.82. The van der Waals surface area contributed by atoms with Crippen LogP contribution in [-0.2, 0) is 21.7 Å².